The Morgan fingerprint density at radius 1 is 1.21 bits per heavy atom. The number of thioether (sulfide) groups is 1. The molecule has 0 saturated carbocycles. The number of carbonyl (C=O) groups excluding carboxylic acids is 1. The fourth-order valence-corrected chi connectivity index (χ4v) is 3.54. The third kappa shape index (κ3) is 4.25. The summed E-state index contributed by atoms with van der Waals surface area (Å²) in [5.74, 6) is 0.908. The molecule has 0 radical (unpaired) electrons. The van der Waals surface area contributed by atoms with Crippen LogP contribution in [-0.2, 0) is 6.54 Å². The van der Waals surface area contributed by atoms with Crippen molar-refractivity contribution in [3.63, 3.8) is 0 Å². The summed E-state index contributed by atoms with van der Waals surface area (Å²) in [6, 6.07) is 9.90. The Morgan fingerprint density at radius 3 is 2.57 bits per heavy atom. The predicted octanol–water partition coefficient (Wildman–Crippen LogP) is 4.09. The number of benzene rings is 1. The van der Waals surface area contributed by atoms with Gasteiger partial charge >= 0.3 is 0 Å². The molecule has 3 aromatic rings. The molecule has 2 aromatic heterocycles. The highest BCUT2D eigenvalue weighted by Gasteiger charge is 2.22. The van der Waals surface area contributed by atoms with Crippen LogP contribution in [0.25, 0.3) is 5.69 Å². The van der Waals surface area contributed by atoms with Crippen LogP contribution in [0.4, 0.5) is 0 Å². The van der Waals surface area contributed by atoms with Crippen LogP contribution >= 0.6 is 11.8 Å². The van der Waals surface area contributed by atoms with Crippen molar-refractivity contribution in [2.45, 2.75) is 38.3 Å². The summed E-state index contributed by atoms with van der Waals surface area (Å²) >= 11 is 1.48. The largest absolute Gasteiger partial charge is 0.337 e. The maximum Gasteiger partial charge on any atom is 0.258 e. The first kappa shape index (κ1) is 20.1. The van der Waals surface area contributed by atoms with Gasteiger partial charge in [-0.15, -0.1) is 11.8 Å². The van der Waals surface area contributed by atoms with Crippen LogP contribution in [0.1, 0.15) is 47.2 Å². The van der Waals surface area contributed by atoms with Crippen molar-refractivity contribution < 1.29 is 4.79 Å². The second-order valence-corrected chi connectivity index (χ2v) is 7.79. The SMILES string of the molecule is CSc1nc(C(C)C)nc(C)c1C(=O)N(C)Cc1cnn(-c2ccccc2)c1. The van der Waals surface area contributed by atoms with E-state index in [1.54, 1.807) is 18.1 Å². The minimum absolute atomic E-state index is 0.0791. The zero-order chi connectivity index (χ0) is 20.3. The van der Waals surface area contributed by atoms with Crippen molar-refractivity contribution in [1.82, 2.24) is 24.6 Å². The van der Waals surface area contributed by atoms with E-state index < -0.39 is 0 Å². The van der Waals surface area contributed by atoms with E-state index in [0.29, 0.717) is 12.1 Å². The fraction of sp³-hybridized carbons (Fsp3) is 0.333. The van der Waals surface area contributed by atoms with Gasteiger partial charge in [-0.2, -0.15) is 5.10 Å². The highest BCUT2D eigenvalue weighted by molar-refractivity contribution is 7.98. The zero-order valence-electron chi connectivity index (χ0n) is 16.9. The van der Waals surface area contributed by atoms with E-state index in [1.165, 1.54) is 11.8 Å². The van der Waals surface area contributed by atoms with E-state index in [9.17, 15) is 4.79 Å². The first-order chi connectivity index (χ1) is 13.4. The van der Waals surface area contributed by atoms with Crippen molar-refractivity contribution in [3.8, 4) is 5.69 Å². The molecule has 0 fully saturated rings. The average Bonchev–Trinajstić information content (AvgIpc) is 3.15. The molecular formula is C21H25N5OS. The lowest BCUT2D eigenvalue weighted by Gasteiger charge is -2.19. The molecule has 0 saturated heterocycles. The molecule has 0 aliphatic carbocycles. The number of nitrogens with zero attached hydrogens (tertiary/aromatic N) is 5. The van der Waals surface area contributed by atoms with E-state index >= 15 is 0 Å². The van der Waals surface area contributed by atoms with Crippen LogP contribution in [0.15, 0.2) is 47.8 Å². The summed E-state index contributed by atoms with van der Waals surface area (Å²) in [5.41, 5.74) is 3.25. The average molecular weight is 396 g/mol. The predicted molar refractivity (Wildman–Crippen MR) is 112 cm³/mol. The Balaban J connectivity index is 1.81. The van der Waals surface area contributed by atoms with Crippen molar-refractivity contribution in [2.24, 2.45) is 0 Å². The minimum Gasteiger partial charge on any atom is -0.337 e. The van der Waals surface area contributed by atoms with Crippen LogP contribution in [0.2, 0.25) is 0 Å². The van der Waals surface area contributed by atoms with Crippen molar-refractivity contribution in [3.05, 3.63) is 65.4 Å². The lowest BCUT2D eigenvalue weighted by atomic mass is 10.1. The third-order valence-electron chi connectivity index (χ3n) is 4.42. The number of aryl methyl sites for hydroxylation is 1. The molecule has 0 atom stereocenters. The van der Waals surface area contributed by atoms with Crippen LogP contribution in [-0.4, -0.2) is 43.9 Å². The molecular weight excluding hydrogens is 370 g/mol. The molecule has 2 heterocycles. The van der Waals surface area contributed by atoms with Gasteiger partial charge in [-0.1, -0.05) is 32.0 Å². The lowest BCUT2D eigenvalue weighted by molar-refractivity contribution is 0.0779. The molecule has 3 rings (SSSR count). The molecule has 1 aromatic carbocycles. The zero-order valence-corrected chi connectivity index (χ0v) is 17.7. The van der Waals surface area contributed by atoms with E-state index in [2.05, 4.69) is 28.9 Å². The number of rotatable bonds is 6. The molecule has 6 nitrogen and oxygen atoms in total. The van der Waals surface area contributed by atoms with Gasteiger partial charge in [0, 0.05) is 31.3 Å². The van der Waals surface area contributed by atoms with Gasteiger partial charge in [0.05, 0.1) is 23.1 Å². The highest BCUT2D eigenvalue weighted by atomic mass is 32.2. The number of amides is 1. The van der Waals surface area contributed by atoms with E-state index in [1.807, 2.05) is 54.4 Å². The van der Waals surface area contributed by atoms with Crippen LogP contribution in [0.5, 0.6) is 0 Å². The summed E-state index contributed by atoms with van der Waals surface area (Å²) < 4.78 is 1.81. The standard InChI is InChI=1S/C21H25N5OS/c1-14(2)19-23-15(3)18(20(24-19)28-5)21(27)25(4)12-16-11-22-26(13-16)17-9-7-6-8-10-17/h6-11,13-14H,12H2,1-5H3. The Morgan fingerprint density at radius 2 is 1.93 bits per heavy atom. The second kappa shape index (κ2) is 8.56. The third-order valence-corrected chi connectivity index (χ3v) is 5.10. The van der Waals surface area contributed by atoms with E-state index in [4.69, 9.17) is 0 Å². The Bertz CT molecular complexity index is 968. The normalized spacial score (nSPS) is 11.1. The van der Waals surface area contributed by atoms with Crippen LogP contribution < -0.4 is 0 Å². The van der Waals surface area contributed by atoms with E-state index in [-0.39, 0.29) is 11.8 Å². The monoisotopic (exact) mass is 395 g/mol. The van der Waals surface area contributed by atoms with Gasteiger partial charge in [0.15, 0.2) is 0 Å². The summed E-state index contributed by atoms with van der Waals surface area (Å²) in [4.78, 5) is 23.9. The molecule has 1 amide bonds. The van der Waals surface area contributed by atoms with E-state index in [0.717, 1.165) is 27.8 Å². The Labute approximate surface area is 170 Å². The Hall–Kier alpha value is -2.67. The summed E-state index contributed by atoms with van der Waals surface area (Å²) in [6.07, 6.45) is 5.67. The minimum atomic E-state index is -0.0791. The summed E-state index contributed by atoms with van der Waals surface area (Å²) in [7, 11) is 1.79. The van der Waals surface area contributed by atoms with Gasteiger partial charge in [0.1, 0.15) is 10.9 Å². The molecule has 28 heavy (non-hydrogen) atoms. The van der Waals surface area contributed by atoms with Crippen molar-refractivity contribution in [1.29, 1.82) is 0 Å². The maximum absolute atomic E-state index is 13.1. The molecule has 0 bridgehead atoms. The van der Waals surface area contributed by atoms with Gasteiger partial charge in [-0.25, -0.2) is 14.6 Å². The fourth-order valence-electron chi connectivity index (χ4n) is 2.92. The van der Waals surface area contributed by atoms with Gasteiger partial charge < -0.3 is 4.90 Å². The molecule has 0 aliphatic heterocycles. The van der Waals surface area contributed by atoms with Gasteiger partial charge in [0.2, 0.25) is 0 Å². The number of para-hydroxylation sites is 1. The van der Waals surface area contributed by atoms with Crippen LogP contribution in [0, 0.1) is 6.92 Å². The van der Waals surface area contributed by atoms with Gasteiger partial charge in [0.25, 0.3) is 5.91 Å². The highest BCUT2D eigenvalue weighted by Crippen LogP contribution is 2.24. The maximum atomic E-state index is 13.1. The first-order valence-electron chi connectivity index (χ1n) is 9.17. The van der Waals surface area contributed by atoms with Gasteiger partial charge in [-0.3, -0.25) is 4.79 Å². The quantitative estimate of drug-likeness (QED) is 0.465. The van der Waals surface area contributed by atoms with Crippen molar-refractivity contribution >= 4 is 17.7 Å². The molecule has 0 N–H and O–H groups in total. The number of carbonyl (C=O) groups is 1. The van der Waals surface area contributed by atoms with Crippen LogP contribution in [0.3, 0.4) is 0 Å². The summed E-state index contributed by atoms with van der Waals surface area (Å²) in [5, 5.41) is 5.13. The number of aromatic nitrogens is 4. The smallest absolute Gasteiger partial charge is 0.258 e. The first-order valence-corrected chi connectivity index (χ1v) is 10.4. The summed E-state index contributed by atoms with van der Waals surface area (Å²) in [6.45, 7) is 6.44. The molecule has 7 heteroatoms. The number of hydrogen-bond acceptors (Lipinski definition) is 5. The Kier molecular flexibility index (Phi) is 6.14. The molecule has 146 valence electrons. The molecule has 0 spiro atoms. The second-order valence-electron chi connectivity index (χ2n) is 7.00. The molecule has 0 aliphatic rings. The number of hydrogen-bond donors (Lipinski definition) is 0. The van der Waals surface area contributed by atoms with Gasteiger partial charge in [-0.05, 0) is 25.3 Å². The topological polar surface area (TPSA) is 63.9 Å². The van der Waals surface area contributed by atoms with Crippen molar-refractivity contribution in [2.75, 3.05) is 13.3 Å². The molecule has 0 unspecified atom stereocenters. The lowest BCUT2D eigenvalue weighted by Crippen LogP contribution is -2.28.